The van der Waals surface area contributed by atoms with Crippen LogP contribution in [0.25, 0.3) is 0 Å². The molecule has 0 aliphatic carbocycles. The number of amides is 1. The van der Waals surface area contributed by atoms with Gasteiger partial charge in [-0.25, -0.2) is 0 Å². The fourth-order valence-electron chi connectivity index (χ4n) is 2.64. The summed E-state index contributed by atoms with van der Waals surface area (Å²) in [6.07, 6.45) is 4.87. The summed E-state index contributed by atoms with van der Waals surface area (Å²) in [7, 11) is 0. The predicted molar refractivity (Wildman–Crippen MR) is 99.3 cm³/mol. The molecule has 134 valence electrons. The first kappa shape index (κ1) is 19.3. The second kappa shape index (κ2) is 10.1. The van der Waals surface area contributed by atoms with E-state index >= 15 is 0 Å². The van der Waals surface area contributed by atoms with Crippen molar-refractivity contribution >= 4 is 11.7 Å². The van der Waals surface area contributed by atoms with Crippen LogP contribution in [0.2, 0.25) is 0 Å². The molecule has 0 bridgehead atoms. The van der Waals surface area contributed by atoms with E-state index in [0.29, 0.717) is 18.7 Å². The van der Waals surface area contributed by atoms with Gasteiger partial charge in [0.05, 0.1) is 12.5 Å². The van der Waals surface area contributed by atoms with Gasteiger partial charge in [0.15, 0.2) is 5.78 Å². The molecule has 26 heavy (non-hydrogen) atoms. The number of pyridine rings is 1. The smallest absolute Gasteiger partial charge is 0.223 e. The molecule has 1 aromatic heterocycles. The molecule has 0 unspecified atom stereocenters. The van der Waals surface area contributed by atoms with E-state index < -0.39 is 0 Å². The zero-order chi connectivity index (χ0) is 18.8. The van der Waals surface area contributed by atoms with E-state index in [2.05, 4.69) is 18.0 Å². The van der Waals surface area contributed by atoms with Crippen LogP contribution in [0.1, 0.15) is 47.7 Å². The molecule has 2 rings (SSSR count). The maximum atomic E-state index is 12.5. The Morgan fingerprint density at radius 2 is 1.88 bits per heavy atom. The fraction of sp³-hybridized carbons (Fsp3) is 0.333. The number of benzene rings is 1. The highest BCUT2D eigenvalue weighted by atomic mass is 16.2. The van der Waals surface area contributed by atoms with Gasteiger partial charge in [-0.1, -0.05) is 37.3 Å². The summed E-state index contributed by atoms with van der Waals surface area (Å²) in [5.41, 5.74) is 2.71. The van der Waals surface area contributed by atoms with Crippen LogP contribution in [-0.2, 0) is 17.8 Å². The molecule has 0 radical (unpaired) electrons. The third kappa shape index (κ3) is 5.82. The van der Waals surface area contributed by atoms with Crippen molar-refractivity contribution in [1.29, 1.82) is 5.26 Å². The number of nitrogens with zero attached hydrogens (tertiary/aromatic N) is 3. The predicted octanol–water partition coefficient (Wildman–Crippen LogP) is 3.55. The zero-order valence-corrected chi connectivity index (χ0v) is 15.0. The van der Waals surface area contributed by atoms with E-state index in [1.807, 2.05) is 36.4 Å². The van der Waals surface area contributed by atoms with Gasteiger partial charge in [-0.05, 0) is 23.6 Å². The third-order valence-corrected chi connectivity index (χ3v) is 4.19. The highest BCUT2D eigenvalue weighted by molar-refractivity contribution is 5.98. The van der Waals surface area contributed by atoms with Crippen molar-refractivity contribution in [1.82, 2.24) is 9.88 Å². The number of aryl methyl sites for hydroxylation is 1. The minimum atomic E-state index is -0.123. The number of rotatable bonds is 9. The van der Waals surface area contributed by atoms with Crippen LogP contribution in [-0.4, -0.2) is 28.1 Å². The molecular weight excluding hydrogens is 326 g/mol. The molecular formula is C21H23N3O2. The van der Waals surface area contributed by atoms with Crippen molar-refractivity contribution in [2.75, 3.05) is 6.54 Å². The average Bonchev–Trinajstić information content (AvgIpc) is 2.69. The van der Waals surface area contributed by atoms with E-state index in [-0.39, 0.29) is 31.0 Å². The highest BCUT2D eigenvalue weighted by Gasteiger charge is 2.16. The number of aromatic nitrogens is 1. The molecule has 0 atom stereocenters. The molecule has 5 heteroatoms. The van der Waals surface area contributed by atoms with E-state index in [9.17, 15) is 9.59 Å². The molecule has 1 heterocycles. The number of hydrogen-bond donors (Lipinski definition) is 0. The van der Waals surface area contributed by atoms with Crippen LogP contribution in [0.15, 0.2) is 48.8 Å². The van der Waals surface area contributed by atoms with E-state index in [0.717, 1.165) is 12.0 Å². The van der Waals surface area contributed by atoms with Crippen LogP contribution in [0.4, 0.5) is 0 Å². The number of ketones is 1. The van der Waals surface area contributed by atoms with Crippen LogP contribution < -0.4 is 0 Å². The van der Waals surface area contributed by atoms with Crippen molar-refractivity contribution in [2.45, 2.75) is 39.2 Å². The minimum absolute atomic E-state index is 0.0392. The molecule has 0 aliphatic heterocycles. The van der Waals surface area contributed by atoms with Crippen molar-refractivity contribution in [3.8, 4) is 6.07 Å². The average molecular weight is 349 g/mol. The second-order valence-corrected chi connectivity index (χ2v) is 6.06. The van der Waals surface area contributed by atoms with Crippen molar-refractivity contribution in [3.63, 3.8) is 0 Å². The highest BCUT2D eigenvalue weighted by Crippen LogP contribution is 2.11. The van der Waals surface area contributed by atoms with Gasteiger partial charge in [-0.3, -0.25) is 14.6 Å². The van der Waals surface area contributed by atoms with Crippen molar-refractivity contribution in [2.24, 2.45) is 0 Å². The topological polar surface area (TPSA) is 74.1 Å². The first-order valence-corrected chi connectivity index (χ1v) is 8.79. The number of nitriles is 1. The summed E-state index contributed by atoms with van der Waals surface area (Å²) in [5, 5.41) is 8.82. The van der Waals surface area contributed by atoms with E-state index in [1.54, 1.807) is 17.3 Å². The van der Waals surface area contributed by atoms with Gasteiger partial charge in [0.2, 0.25) is 5.91 Å². The van der Waals surface area contributed by atoms with Gasteiger partial charge in [0.25, 0.3) is 0 Å². The first-order valence-electron chi connectivity index (χ1n) is 8.79. The minimum Gasteiger partial charge on any atom is -0.337 e. The fourth-order valence-corrected chi connectivity index (χ4v) is 2.64. The lowest BCUT2D eigenvalue weighted by Gasteiger charge is -2.21. The molecule has 0 saturated heterocycles. The van der Waals surface area contributed by atoms with Gasteiger partial charge in [0.1, 0.15) is 0 Å². The molecule has 2 aromatic rings. The molecule has 1 amide bonds. The van der Waals surface area contributed by atoms with E-state index in [4.69, 9.17) is 5.26 Å². The van der Waals surface area contributed by atoms with Crippen LogP contribution in [0.3, 0.4) is 0 Å². The second-order valence-electron chi connectivity index (χ2n) is 6.06. The summed E-state index contributed by atoms with van der Waals surface area (Å²) in [5.74, 6) is -0.162. The zero-order valence-electron chi connectivity index (χ0n) is 15.0. The molecule has 0 N–H and O–H groups in total. The largest absolute Gasteiger partial charge is 0.337 e. The normalized spacial score (nSPS) is 10.2. The van der Waals surface area contributed by atoms with Crippen LogP contribution in [0.5, 0.6) is 0 Å². The van der Waals surface area contributed by atoms with Crippen molar-refractivity contribution in [3.05, 3.63) is 65.5 Å². The molecule has 0 fully saturated rings. The maximum absolute atomic E-state index is 12.5. The molecule has 0 aliphatic rings. The Balaban J connectivity index is 1.94. The van der Waals surface area contributed by atoms with Crippen molar-refractivity contribution < 1.29 is 9.59 Å². The Morgan fingerprint density at radius 1 is 1.12 bits per heavy atom. The summed E-state index contributed by atoms with van der Waals surface area (Å²) in [4.78, 5) is 30.5. The van der Waals surface area contributed by atoms with E-state index in [1.165, 1.54) is 5.56 Å². The lowest BCUT2D eigenvalue weighted by Crippen LogP contribution is -2.31. The Bertz CT molecular complexity index is 764. The molecule has 1 aromatic carbocycles. The Hall–Kier alpha value is -3.00. The standard InChI is InChI=1S/C21H23N3O2/c1-2-17-6-8-19(9-7-17)20(25)10-11-21(26)24(14-4-12-22)16-18-5-3-13-23-15-18/h3,5-9,13,15H,2,4,10-11,14,16H2,1H3. The van der Waals surface area contributed by atoms with Gasteiger partial charge in [-0.15, -0.1) is 0 Å². The summed E-state index contributed by atoms with van der Waals surface area (Å²) in [6, 6.07) is 13.3. The first-order chi connectivity index (χ1) is 12.6. The summed E-state index contributed by atoms with van der Waals surface area (Å²) < 4.78 is 0. The Labute approximate surface area is 154 Å². The van der Waals surface area contributed by atoms with Crippen LogP contribution in [0, 0.1) is 11.3 Å². The van der Waals surface area contributed by atoms with Gasteiger partial charge in [0, 0.05) is 43.9 Å². The number of carbonyl (C=O) groups is 2. The van der Waals surface area contributed by atoms with Gasteiger partial charge < -0.3 is 4.90 Å². The summed E-state index contributed by atoms with van der Waals surface area (Å²) in [6.45, 7) is 2.81. The number of carbonyl (C=O) groups excluding carboxylic acids is 2. The molecule has 0 saturated carbocycles. The van der Waals surface area contributed by atoms with Crippen LogP contribution >= 0.6 is 0 Å². The number of hydrogen-bond acceptors (Lipinski definition) is 4. The quantitative estimate of drug-likeness (QED) is 0.649. The summed E-state index contributed by atoms with van der Waals surface area (Å²) >= 11 is 0. The molecule has 0 spiro atoms. The SMILES string of the molecule is CCc1ccc(C(=O)CCC(=O)N(CCC#N)Cc2cccnc2)cc1. The van der Waals surface area contributed by atoms with Gasteiger partial charge in [-0.2, -0.15) is 5.26 Å². The Morgan fingerprint density at radius 3 is 2.50 bits per heavy atom. The monoisotopic (exact) mass is 349 g/mol. The lowest BCUT2D eigenvalue weighted by atomic mass is 10.0. The third-order valence-electron chi connectivity index (χ3n) is 4.19. The lowest BCUT2D eigenvalue weighted by molar-refractivity contribution is -0.131. The number of Topliss-reactive ketones (excluding diaryl/α,β-unsaturated/α-hetero) is 1. The Kier molecular flexibility index (Phi) is 7.50. The van der Waals surface area contributed by atoms with Gasteiger partial charge >= 0.3 is 0 Å². The molecule has 5 nitrogen and oxygen atoms in total. The maximum Gasteiger partial charge on any atom is 0.223 e.